The molecule has 0 saturated carbocycles. The van der Waals surface area contributed by atoms with Crippen LogP contribution in [-0.2, 0) is 6.42 Å². The van der Waals surface area contributed by atoms with E-state index in [2.05, 4.69) is 29.8 Å². The third-order valence-electron chi connectivity index (χ3n) is 2.04. The minimum absolute atomic E-state index is 0.0471. The van der Waals surface area contributed by atoms with Gasteiger partial charge >= 0.3 is 0 Å². The van der Waals surface area contributed by atoms with Gasteiger partial charge in [-0.05, 0) is 35.6 Å². The van der Waals surface area contributed by atoms with Gasteiger partial charge in [0, 0.05) is 10.4 Å². The highest BCUT2D eigenvalue weighted by Crippen LogP contribution is 2.26. The van der Waals surface area contributed by atoms with Crippen LogP contribution >= 0.6 is 27.5 Å². The van der Waals surface area contributed by atoms with Gasteiger partial charge in [0.1, 0.15) is 5.82 Å². The molecule has 0 saturated heterocycles. The second-order valence-electron chi connectivity index (χ2n) is 4.21. The van der Waals surface area contributed by atoms with Gasteiger partial charge in [0.05, 0.1) is 0 Å². The zero-order valence-corrected chi connectivity index (χ0v) is 10.6. The van der Waals surface area contributed by atoms with Gasteiger partial charge in [-0.15, -0.1) is 0 Å². The first-order valence-electron chi connectivity index (χ1n) is 4.44. The summed E-state index contributed by atoms with van der Waals surface area (Å²) in [5, 5.41) is 1.43. The normalized spacial score (nSPS) is 11.8. The Morgan fingerprint density at radius 3 is 2.64 bits per heavy atom. The van der Waals surface area contributed by atoms with Crippen molar-refractivity contribution in [2.75, 3.05) is 5.33 Å². The lowest BCUT2D eigenvalue weighted by atomic mass is 9.88. The quantitative estimate of drug-likeness (QED) is 0.718. The van der Waals surface area contributed by atoms with E-state index >= 15 is 0 Å². The first-order chi connectivity index (χ1) is 6.44. The van der Waals surface area contributed by atoms with E-state index in [-0.39, 0.29) is 11.2 Å². The van der Waals surface area contributed by atoms with E-state index in [0.29, 0.717) is 17.0 Å². The predicted octanol–water partition coefficient (Wildman–Crippen LogP) is 4.44. The van der Waals surface area contributed by atoms with Crippen molar-refractivity contribution < 1.29 is 4.39 Å². The Kier molecular flexibility index (Phi) is 3.96. The first-order valence-corrected chi connectivity index (χ1v) is 5.94. The molecule has 0 amide bonds. The first kappa shape index (κ1) is 12.0. The molecule has 0 atom stereocenters. The average Bonchev–Trinajstić information content (AvgIpc) is 2.11. The average molecular weight is 280 g/mol. The minimum atomic E-state index is -0.177. The number of hydrogen-bond donors (Lipinski definition) is 0. The molecule has 1 aromatic carbocycles. The fraction of sp³-hybridized carbons (Fsp3) is 0.455. The maximum absolute atomic E-state index is 13.4. The highest BCUT2D eigenvalue weighted by atomic mass is 79.9. The van der Waals surface area contributed by atoms with Crippen molar-refractivity contribution in [3.05, 3.63) is 34.6 Å². The van der Waals surface area contributed by atoms with Crippen molar-refractivity contribution in [2.45, 2.75) is 20.3 Å². The van der Waals surface area contributed by atoms with Crippen LogP contribution in [0.2, 0.25) is 5.02 Å². The Bertz CT molecular complexity index is 323. The van der Waals surface area contributed by atoms with Gasteiger partial charge in [0.25, 0.3) is 0 Å². The molecule has 0 N–H and O–H groups in total. The van der Waals surface area contributed by atoms with Crippen molar-refractivity contribution in [3.8, 4) is 0 Å². The zero-order valence-electron chi connectivity index (χ0n) is 8.28. The summed E-state index contributed by atoms with van der Waals surface area (Å²) in [6, 6.07) is 4.69. The third kappa shape index (κ3) is 3.25. The standard InChI is InChI=1S/C11H13BrClF/c1-11(2,7-12)6-8-5-9(13)3-4-10(8)14/h3-5H,6-7H2,1-2H3. The van der Waals surface area contributed by atoms with Crippen molar-refractivity contribution in [1.29, 1.82) is 0 Å². The molecule has 1 aromatic rings. The van der Waals surface area contributed by atoms with Gasteiger partial charge in [-0.1, -0.05) is 41.4 Å². The lowest BCUT2D eigenvalue weighted by molar-refractivity contribution is 0.415. The van der Waals surface area contributed by atoms with Gasteiger partial charge in [0.15, 0.2) is 0 Å². The molecule has 1 rings (SSSR count). The van der Waals surface area contributed by atoms with Gasteiger partial charge in [0.2, 0.25) is 0 Å². The highest BCUT2D eigenvalue weighted by Gasteiger charge is 2.18. The van der Waals surface area contributed by atoms with Crippen LogP contribution < -0.4 is 0 Å². The van der Waals surface area contributed by atoms with Gasteiger partial charge in [-0.25, -0.2) is 4.39 Å². The van der Waals surface area contributed by atoms with Crippen LogP contribution in [0.5, 0.6) is 0 Å². The molecule has 0 heterocycles. The summed E-state index contributed by atoms with van der Waals surface area (Å²) in [6.45, 7) is 4.17. The van der Waals surface area contributed by atoms with E-state index in [1.54, 1.807) is 12.1 Å². The molecule has 0 bridgehead atoms. The molecule has 0 aromatic heterocycles. The third-order valence-corrected chi connectivity index (χ3v) is 3.79. The van der Waals surface area contributed by atoms with E-state index in [4.69, 9.17) is 11.6 Å². The molecule has 0 spiro atoms. The lowest BCUT2D eigenvalue weighted by Gasteiger charge is -2.21. The maximum atomic E-state index is 13.4. The Morgan fingerprint density at radius 1 is 1.43 bits per heavy atom. The summed E-state index contributed by atoms with van der Waals surface area (Å²) < 4.78 is 13.4. The highest BCUT2D eigenvalue weighted by molar-refractivity contribution is 9.09. The SMILES string of the molecule is CC(C)(CBr)Cc1cc(Cl)ccc1F. The molecule has 0 nitrogen and oxygen atoms in total. The number of rotatable bonds is 3. The summed E-state index contributed by atoms with van der Waals surface area (Å²) in [5.41, 5.74) is 0.730. The minimum Gasteiger partial charge on any atom is -0.207 e. The largest absolute Gasteiger partial charge is 0.207 e. The van der Waals surface area contributed by atoms with Crippen LogP contribution in [0.4, 0.5) is 4.39 Å². The molecule has 0 aliphatic carbocycles. The van der Waals surface area contributed by atoms with Crippen LogP contribution in [0.25, 0.3) is 0 Å². The molecule has 0 aliphatic heterocycles. The smallest absolute Gasteiger partial charge is 0.126 e. The molecule has 0 radical (unpaired) electrons. The van der Waals surface area contributed by atoms with E-state index in [9.17, 15) is 4.39 Å². The molecule has 0 aliphatic rings. The molecular weight excluding hydrogens is 266 g/mol. The Labute approximate surface area is 97.6 Å². The van der Waals surface area contributed by atoms with E-state index in [0.717, 1.165) is 5.33 Å². The van der Waals surface area contributed by atoms with E-state index in [1.165, 1.54) is 6.07 Å². The monoisotopic (exact) mass is 278 g/mol. The molecule has 0 fully saturated rings. The lowest BCUT2D eigenvalue weighted by Crippen LogP contribution is -2.17. The van der Waals surface area contributed by atoms with E-state index in [1.807, 2.05) is 0 Å². The number of halogens is 3. The summed E-state index contributed by atoms with van der Waals surface area (Å²) in [4.78, 5) is 0. The summed E-state index contributed by atoms with van der Waals surface area (Å²) in [6.07, 6.45) is 0.685. The Morgan fingerprint density at radius 2 is 2.07 bits per heavy atom. The van der Waals surface area contributed by atoms with Gasteiger partial charge in [-0.3, -0.25) is 0 Å². The second kappa shape index (κ2) is 4.63. The molecular formula is C11H13BrClF. The van der Waals surface area contributed by atoms with Crippen LogP contribution in [0, 0.1) is 11.2 Å². The van der Waals surface area contributed by atoms with Gasteiger partial charge in [-0.2, -0.15) is 0 Å². The summed E-state index contributed by atoms with van der Waals surface area (Å²) >= 11 is 9.23. The van der Waals surface area contributed by atoms with Crippen LogP contribution in [0.15, 0.2) is 18.2 Å². The zero-order chi connectivity index (χ0) is 10.8. The number of benzene rings is 1. The van der Waals surface area contributed by atoms with Gasteiger partial charge < -0.3 is 0 Å². The van der Waals surface area contributed by atoms with E-state index < -0.39 is 0 Å². The van der Waals surface area contributed by atoms with Crippen molar-refractivity contribution in [3.63, 3.8) is 0 Å². The Balaban J connectivity index is 2.91. The predicted molar refractivity (Wildman–Crippen MR) is 62.7 cm³/mol. The van der Waals surface area contributed by atoms with Crippen LogP contribution in [0.3, 0.4) is 0 Å². The molecule has 3 heteroatoms. The maximum Gasteiger partial charge on any atom is 0.126 e. The topological polar surface area (TPSA) is 0 Å². The fourth-order valence-electron chi connectivity index (χ4n) is 1.24. The Hall–Kier alpha value is -0.0800. The van der Waals surface area contributed by atoms with Crippen molar-refractivity contribution in [1.82, 2.24) is 0 Å². The number of hydrogen-bond acceptors (Lipinski definition) is 0. The van der Waals surface area contributed by atoms with Crippen LogP contribution in [0.1, 0.15) is 19.4 Å². The van der Waals surface area contributed by atoms with Crippen LogP contribution in [-0.4, -0.2) is 5.33 Å². The fourth-order valence-corrected chi connectivity index (χ4v) is 1.63. The molecule has 78 valence electrons. The van der Waals surface area contributed by atoms with Crippen molar-refractivity contribution >= 4 is 27.5 Å². The summed E-state index contributed by atoms with van der Waals surface area (Å²) in [7, 11) is 0. The second-order valence-corrected chi connectivity index (χ2v) is 5.21. The molecule has 14 heavy (non-hydrogen) atoms. The number of alkyl halides is 1. The molecule has 0 unspecified atom stereocenters. The van der Waals surface area contributed by atoms with Crippen molar-refractivity contribution in [2.24, 2.45) is 5.41 Å². The summed E-state index contributed by atoms with van der Waals surface area (Å²) in [5.74, 6) is -0.177.